The first-order chi connectivity index (χ1) is 8.78. The molecule has 0 aliphatic rings. The van der Waals surface area contributed by atoms with E-state index < -0.39 is 0 Å². The van der Waals surface area contributed by atoms with Crippen LogP contribution < -0.4 is 5.32 Å². The van der Waals surface area contributed by atoms with Gasteiger partial charge in [0.15, 0.2) is 0 Å². The lowest BCUT2D eigenvalue weighted by Crippen LogP contribution is -1.98. The third-order valence-electron chi connectivity index (χ3n) is 2.84. The van der Waals surface area contributed by atoms with Gasteiger partial charge in [-0.1, -0.05) is 0 Å². The molecule has 5 nitrogen and oxygen atoms in total. The maximum atomic E-state index is 4.40. The predicted molar refractivity (Wildman–Crippen MR) is 70.9 cm³/mol. The van der Waals surface area contributed by atoms with Gasteiger partial charge in [0.05, 0.1) is 23.6 Å². The van der Waals surface area contributed by atoms with Crippen LogP contribution in [0.15, 0.2) is 36.8 Å². The predicted octanol–water partition coefficient (Wildman–Crippen LogP) is 2.17. The Labute approximate surface area is 104 Å². The highest BCUT2D eigenvalue weighted by atomic mass is 15.3. The van der Waals surface area contributed by atoms with Gasteiger partial charge in [-0.3, -0.25) is 4.98 Å². The summed E-state index contributed by atoms with van der Waals surface area (Å²) in [4.78, 5) is 8.51. The van der Waals surface area contributed by atoms with E-state index in [-0.39, 0.29) is 0 Å². The Morgan fingerprint density at radius 2 is 2.06 bits per heavy atom. The van der Waals surface area contributed by atoms with Gasteiger partial charge in [-0.15, -0.1) is 0 Å². The minimum absolute atomic E-state index is 0.841. The summed E-state index contributed by atoms with van der Waals surface area (Å²) >= 11 is 0. The molecule has 0 atom stereocenters. The van der Waals surface area contributed by atoms with Crippen LogP contribution >= 0.6 is 0 Å². The molecule has 0 amide bonds. The van der Waals surface area contributed by atoms with Crippen LogP contribution in [-0.2, 0) is 0 Å². The Morgan fingerprint density at radius 1 is 1.17 bits per heavy atom. The fraction of sp³-hybridized carbons (Fsp3) is 0.154. The second kappa shape index (κ2) is 4.10. The molecule has 3 aromatic heterocycles. The van der Waals surface area contributed by atoms with Gasteiger partial charge in [-0.2, -0.15) is 5.10 Å². The van der Waals surface area contributed by atoms with Crippen LogP contribution in [0.25, 0.3) is 16.6 Å². The first-order valence-electron chi connectivity index (χ1n) is 5.72. The van der Waals surface area contributed by atoms with Crippen LogP contribution in [0.4, 0.5) is 5.82 Å². The van der Waals surface area contributed by atoms with E-state index in [0.29, 0.717) is 0 Å². The zero-order valence-corrected chi connectivity index (χ0v) is 10.3. The molecule has 0 unspecified atom stereocenters. The standard InChI is InChI=1S/C13H13N5/c1-9-5-11(3-4-15-9)18-12-8-16-13(14-2)6-10(12)7-17-18/h3-8H,1-2H3,(H,14,16). The number of pyridine rings is 2. The zero-order valence-electron chi connectivity index (χ0n) is 10.3. The van der Waals surface area contributed by atoms with E-state index in [1.807, 2.05) is 49.2 Å². The van der Waals surface area contributed by atoms with Crippen LogP contribution in [-0.4, -0.2) is 26.8 Å². The molecule has 90 valence electrons. The van der Waals surface area contributed by atoms with Crippen LogP contribution in [0.2, 0.25) is 0 Å². The Hall–Kier alpha value is -2.43. The lowest BCUT2D eigenvalue weighted by molar-refractivity contribution is 0.902. The number of hydrogen-bond donors (Lipinski definition) is 1. The van der Waals surface area contributed by atoms with Crippen molar-refractivity contribution in [3.05, 3.63) is 42.5 Å². The third-order valence-corrected chi connectivity index (χ3v) is 2.84. The Bertz CT molecular complexity index is 701. The Kier molecular flexibility index (Phi) is 2.44. The average Bonchev–Trinajstić information content (AvgIpc) is 2.81. The van der Waals surface area contributed by atoms with Crippen LogP contribution in [0.3, 0.4) is 0 Å². The molecule has 0 spiro atoms. The molecule has 0 bridgehead atoms. The number of fused-ring (bicyclic) bond motifs is 1. The van der Waals surface area contributed by atoms with Gasteiger partial charge < -0.3 is 5.32 Å². The fourth-order valence-electron chi connectivity index (χ4n) is 1.93. The molecule has 0 aromatic carbocycles. The molecule has 1 N–H and O–H groups in total. The normalized spacial score (nSPS) is 10.8. The largest absolute Gasteiger partial charge is 0.373 e. The number of rotatable bonds is 2. The van der Waals surface area contributed by atoms with E-state index in [0.717, 1.165) is 28.1 Å². The molecule has 0 radical (unpaired) electrons. The molecule has 3 aromatic rings. The molecule has 3 rings (SSSR count). The van der Waals surface area contributed by atoms with Crippen molar-refractivity contribution in [2.24, 2.45) is 0 Å². The summed E-state index contributed by atoms with van der Waals surface area (Å²) in [6, 6.07) is 5.91. The SMILES string of the molecule is CNc1cc2cnn(-c3ccnc(C)c3)c2cn1. The maximum Gasteiger partial charge on any atom is 0.126 e. The topological polar surface area (TPSA) is 55.6 Å². The third kappa shape index (κ3) is 1.69. The summed E-state index contributed by atoms with van der Waals surface area (Å²) in [5.41, 5.74) is 2.95. The number of aryl methyl sites for hydroxylation is 1. The summed E-state index contributed by atoms with van der Waals surface area (Å²) in [7, 11) is 1.85. The van der Waals surface area contributed by atoms with Crippen LogP contribution in [0, 0.1) is 6.92 Å². The molecule has 0 fully saturated rings. The summed E-state index contributed by atoms with van der Waals surface area (Å²) < 4.78 is 1.87. The molecule has 3 heterocycles. The van der Waals surface area contributed by atoms with E-state index in [1.54, 1.807) is 6.20 Å². The van der Waals surface area contributed by atoms with E-state index in [1.165, 1.54) is 0 Å². The van der Waals surface area contributed by atoms with E-state index in [9.17, 15) is 0 Å². The molecule has 5 heteroatoms. The summed E-state index contributed by atoms with van der Waals surface area (Å²) in [5.74, 6) is 0.841. The number of aromatic nitrogens is 4. The molecule has 0 aliphatic heterocycles. The van der Waals surface area contributed by atoms with E-state index >= 15 is 0 Å². The van der Waals surface area contributed by atoms with E-state index in [2.05, 4.69) is 20.4 Å². The minimum atomic E-state index is 0.841. The van der Waals surface area contributed by atoms with Gasteiger partial charge in [-0.05, 0) is 25.1 Å². The number of hydrogen-bond acceptors (Lipinski definition) is 4. The molecule has 0 saturated heterocycles. The highest BCUT2D eigenvalue weighted by Gasteiger charge is 2.06. The molecular weight excluding hydrogens is 226 g/mol. The van der Waals surface area contributed by atoms with Crippen molar-refractivity contribution >= 4 is 16.7 Å². The molecule has 18 heavy (non-hydrogen) atoms. The highest BCUT2D eigenvalue weighted by Crippen LogP contribution is 2.19. The van der Waals surface area contributed by atoms with Crippen molar-refractivity contribution in [1.82, 2.24) is 19.7 Å². The fourth-order valence-corrected chi connectivity index (χ4v) is 1.93. The molecule has 0 aliphatic carbocycles. The first kappa shape index (κ1) is 10.7. The van der Waals surface area contributed by atoms with Crippen molar-refractivity contribution in [2.75, 3.05) is 12.4 Å². The second-order valence-corrected chi connectivity index (χ2v) is 4.09. The average molecular weight is 239 g/mol. The van der Waals surface area contributed by atoms with Gasteiger partial charge in [0.1, 0.15) is 5.82 Å². The van der Waals surface area contributed by atoms with Crippen molar-refractivity contribution in [3.8, 4) is 5.69 Å². The lowest BCUT2D eigenvalue weighted by atomic mass is 10.3. The smallest absolute Gasteiger partial charge is 0.126 e. The van der Waals surface area contributed by atoms with Crippen molar-refractivity contribution in [3.63, 3.8) is 0 Å². The summed E-state index contributed by atoms with van der Waals surface area (Å²) in [5, 5.41) is 8.48. The molecular formula is C13H13N5. The van der Waals surface area contributed by atoms with Gasteiger partial charge in [-0.25, -0.2) is 9.67 Å². The monoisotopic (exact) mass is 239 g/mol. The van der Waals surface area contributed by atoms with Crippen molar-refractivity contribution < 1.29 is 0 Å². The number of anilines is 1. The summed E-state index contributed by atoms with van der Waals surface area (Å²) in [6.07, 6.45) is 5.45. The zero-order chi connectivity index (χ0) is 12.5. The lowest BCUT2D eigenvalue weighted by Gasteiger charge is -2.04. The minimum Gasteiger partial charge on any atom is -0.373 e. The van der Waals surface area contributed by atoms with Crippen molar-refractivity contribution in [2.45, 2.75) is 6.92 Å². The van der Waals surface area contributed by atoms with Gasteiger partial charge in [0, 0.05) is 24.3 Å². The number of nitrogens with one attached hydrogen (secondary N) is 1. The number of nitrogens with zero attached hydrogens (tertiary/aromatic N) is 4. The first-order valence-corrected chi connectivity index (χ1v) is 5.72. The van der Waals surface area contributed by atoms with E-state index in [4.69, 9.17) is 0 Å². The highest BCUT2D eigenvalue weighted by molar-refractivity contribution is 5.81. The quantitative estimate of drug-likeness (QED) is 0.744. The maximum absolute atomic E-state index is 4.40. The van der Waals surface area contributed by atoms with Crippen LogP contribution in [0.1, 0.15) is 5.69 Å². The molecule has 0 saturated carbocycles. The van der Waals surface area contributed by atoms with Gasteiger partial charge in [0.25, 0.3) is 0 Å². The van der Waals surface area contributed by atoms with Crippen LogP contribution in [0.5, 0.6) is 0 Å². The van der Waals surface area contributed by atoms with Gasteiger partial charge in [0.2, 0.25) is 0 Å². The van der Waals surface area contributed by atoms with Crippen molar-refractivity contribution in [1.29, 1.82) is 0 Å². The second-order valence-electron chi connectivity index (χ2n) is 4.09. The van der Waals surface area contributed by atoms with Gasteiger partial charge >= 0.3 is 0 Å². The Balaban J connectivity index is 2.18. The summed E-state index contributed by atoms with van der Waals surface area (Å²) in [6.45, 7) is 1.96. The Morgan fingerprint density at radius 3 is 2.83 bits per heavy atom.